The number of hydrogen-bond donors (Lipinski definition) is 0. The number of halogens is 2. The molecule has 0 aliphatic heterocycles. The van der Waals surface area contributed by atoms with Crippen molar-refractivity contribution in [3.63, 3.8) is 0 Å². The molecule has 0 aromatic rings. The van der Waals surface area contributed by atoms with Crippen molar-refractivity contribution in [1.29, 1.82) is 0 Å². The summed E-state index contributed by atoms with van der Waals surface area (Å²) in [6.45, 7) is 3.20. The standard InChI is InChI=1S/C3H5Cl2O/c1-3(4,5)6-2/h1H2,2H3. The summed E-state index contributed by atoms with van der Waals surface area (Å²) in [5.74, 6) is 0. The van der Waals surface area contributed by atoms with Gasteiger partial charge in [-0.05, 0) is 0 Å². The molecular weight excluding hydrogens is 123 g/mol. The maximum absolute atomic E-state index is 5.15. The Morgan fingerprint density at radius 1 is 1.67 bits per heavy atom. The van der Waals surface area contributed by atoms with E-state index < -0.39 is 4.52 Å². The minimum atomic E-state index is -1.26. The molecule has 6 heavy (non-hydrogen) atoms. The minimum Gasteiger partial charge on any atom is -0.350 e. The van der Waals surface area contributed by atoms with Crippen LogP contribution in [0.4, 0.5) is 0 Å². The highest BCUT2D eigenvalue weighted by Crippen LogP contribution is 2.17. The molecule has 0 amide bonds. The predicted molar refractivity (Wildman–Crippen MR) is 26.8 cm³/mol. The van der Waals surface area contributed by atoms with Crippen LogP contribution in [-0.4, -0.2) is 11.6 Å². The van der Waals surface area contributed by atoms with Crippen molar-refractivity contribution in [3.05, 3.63) is 6.92 Å². The molecule has 0 aromatic carbocycles. The van der Waals surface area contributed by atoms with E-state index >= 15 is 0 Å². The summed E-state index contributed by atoms with van der Waals surface area (Å²) in [5, 5.41) is 0. The molecule has 0 N–H and O–H groups in total. The van der Waals surface area contributed by atoms with Crippen LogP contribution in [-0.2, 0) is 4.74 Å². The smallest absolute Gasteiger partial charge is 0.217 e. The summed E-state index contributed by atoms with van der Waals surface area (Å²) in [7, 11) is 1.38. The summed E-state index contributed by atoms with van der Waals surface area (Å²) in [4.78, 5) is 0. The van der Waals surface area contributed by atoms with E-state index in [2.05, 4.69) is 11.7 Å². The molecule has 37 valence electrons. The van der Waals surface area contributed by atoms with Crippen LogP contribution >= 0.6 is 23.2 Å². The highest BCUT2D eigenvalue weighted by atomic mass is 35.5. The predicted octanol–water partition coefficient (Wildman–Crippen LogP) is 1.60. The van der Waals surface area contributed by atoms with Crippen LogP contribution in [0.5, 0.6) is 0 Å². The Kier molecular flexibility index (Phi) is 2.19. The number of rotatable bonds is 1. The van der Waals surface area contributed by atoms with Crippen LogP contribution in [0.15, 0.2) is 0 Å². The van der Waals surface area contributed by atoms with Crippen LogP contribution in [0, 0.1) is 6.92 Å². The van der Waals surface area contributed by atoms with Gasteiger partial charge in [-0.1, -0.05) is 23.2 Å². The highest BCUT2D eigenvalue weighted by Gasteiger charge is 2.12. The Morgan fingerprint density at radius 2 is 1.83 bits per heavy atom. The molecule has 0 bridgehead atoms. The molecule has 0 saturated carbocycles. The Bertz CT molecular complexity index is 38.5. The molecular formula is C3H5Cl2O. The second-order valence-corrected chi connectivity index (χ2v) is 2.26. The highest BCUT2D eigenvalue weighted by molar-refractivity contribution is 6.47. The fourth-order valence-corrected chi connectivity index (χ4v) is 0. The van der Waals surface area contributed by atoms with Gasteiger partial charge in [0.05, 0.1) is 0 Å². The lowest BCUT2D eigenvalue weighted by molar-refractivity contribution is 0.169. The molecule has 0 spiro atoms. The second-order valence-electron chi connectivity index (χ2n) is 0.841. The lowest BCUT2D eigenvalue weighted by Gasteiger charge is -2.07. The number of ether oxygens (including phenoxy) is 1. The molecule has 3 heteroatoms. The van der Waals surface area contributed by atoms with Crippen molar-refractivity contribution in [3.8, 4) is 0 Å². The largest absolute Gasteiger partial charge is 0.350 e. The average molecular weight is 128 g/mol. The molecule has 0 aliphatic rings. The first-order valence-corrected chi connectivity index (χ1v) is 2.10. The summed E-state index contributed by atoms with van der Waals surface area (Å²) in [5.41, 5.74) is 0. The number of alkyl halides is 2. The van der Waals surface area contributed by atoms with E-state index in [1.807, 2.05) is 0 Å². The summed E-state index contributed by atoms with van der Waals surface area (Å²) < 4.78 is 3.09. The topological polar surface area (TPSA) is 9.23 Å². The zero-order valence-corrected chi connectivity index (χ0v) is 4.88. The first kappa shape index (κ1) is 6.54. The van der Waals surface area contributed by atoms with Crippen molar-refractivity contribution in [2.45, 2.75) is 4.52 Å². The molecule has 0 aliphatic carbocycles. The summed E-state index contributed by atoms with van der Waals surface area (Å²) in [6, 6.07) is 0. The van der Waals surface area contributed by atoms with E-state index in [0.29, 0.717) is 0 Å². The molecule has 1 radical (unpaired) electrons. The Labute approximate surface area is 47.2 Å². The SMILES string of the molecule is [CH2]C(Cl)(Cl)OC. The van der Waals surface area contributed by atoms with Gasteiger partial charge in [0, 0.05) is 14.0 Å². The van der Waals surface area contributed by atoms with Gasteiger partial charge in [-0.15, -0.1) is 0 Å². The molecule has 1 nitrogen and oxygen atoms in total. The first-order valence-electron chi connectivity index (χ1n) is 1.34. The van der Waals surface area contributed by atoms with E-state index in [1.54, 1.807) is 0 Å². The van der Waals surface area contributed by atoms with Gasteiger partial charge in [-0.3, -0.25) is 0 Å². The number of hydrogen-bond acceptors (Lipinski definition) is 1. The maximum Gasteiger partial charge on any atom is 0.217 e. The molecule has 0 atom stereocenters. The van der Waals surface area contributed by atoms with Crippen molar-refractivity contribution in [1.82, 2.24) is 0 Å². The third kappa shape index (κ3) is 4.54. The van der Waals surface area contributed by atoms with Gasteiger partial charge < -0.3 is 4.74 Å². The van der Waals surface area contributed by atoms with E-state index in [0.717, 1.165) is 0 Å². The van der Waals surface area contributed by atoms with Gasteiger partial charge in [0.25, 0.3) is 0 Å². The quantitative estimate of drug-likeness (QED) is 0.487. The van der Waals surface area contributed by atoms with Crippen LogP contribution in [0.25, 0.3) is 0 Å². The first-order chi connectivity index (χ1) is 2.56. The monoisotopic (exact) mass is 127 g/mol. The second kappa shape index (κ2) is 2.01. The van der Waals surface area contributed by atoms with Crippen LogP contribution in [0.3, 0.4) is 0 Å². The zero-order valence-electron chi connectivity index (χ0n) is 3.37. The molecule has 0 unspecified atom stereocenters. The van der Waals surface area contributed by atoms with Gasteiger partial charge in [0.15, 0.2) is 0 Å². The summed E-state index contributed by atoms with van der Waals surface area (Å²) >= 11 is 10.3. The molecule has 0 heterocycles. The molecule has 0 rings (SSSR count). The zero-order chi connectivity index (χ0) is 5.21. The Balaban J connectivity index is 3.17. The van der Waals surface area contributed by atoms with Gasteiger partial charge >= 0.3 is 0 Å². The lowest BCUT2D eigenvalue weighted by atomic mass is 10.8. The van der Waals surface area contributed by atoms with Gasteiger partial charge in [0.1, 0.15) is 0 Å². The van der Waals surface area contributed by atoms with Crippen molar-refractivity contribution in [2.75, 3.05) is 7.11 Å². The Morgan fingerprint density at radius 3 is 1.83 bits per heavy atom. The number of methoxy groups -OCH3 is 1. The van der Waals surface area contributed by atoms with Crippen molar-refractivity contribution < 1.29 is 4.74 Å². The van der Waals surface area contributed by atoms with Gasteiger partial charge in [-0.25, -0.2) is 0 Å². The third-order valence-electron chi connectivity index (χ3n) is 0.299. The molecule has 0 fully saturated rings. The van der Waals surface area contributed by atoms with E-state index in [-0.39, 0.29) is 0 Å². The van der Waals surface area contributed by atoms with Crippen LogP contribution in [0.1, 0.15) is 0 Å². The van der Waals surface area contributed by atoms with Crippen molar-refractivity contribution >= 4 is 23.2 Å². The third-order valence-corrected chi connectivity index (χ3v) is 0.607. The summed E-state index contributed by atoms with van der Waals surface area (Å²) in [6.07, 6.45) is 0. The van der Waals surface area contributed by atoms with Gasteiger partial charge in [0.2, 0.25) is 4.52 Å². The van der Waals surface area contributed by atoms with Crippen LogP contribution in [0.2, 0.25) is 0 Å². The molecule has 0 aromatic heterocycles. The minimum absolute atomic E-state index is 1.26. The molecule has 0 saturated heterocycles. The van der Waals surface area contributed by atoms with Gasteiger partial charge in [-0.2, -0.15) is 0 Å². The van der Waals surface area contributed by atoms with E-state index in [1.165, 1.54) is 7.11 Å². The van der Waals surface area contributed by atoms with E-state index in [9.17, 15) is 0 Å². The van der Waals surface area contributed by atoms with E-state index in [4.69, 9.17) is 23.2 Å². The van der Waals surface area contributed by atoms with Crippen LogP contribution < -0.4 is 0 Å². The maximum atomic E-state index is 5.15. The fourth-order valence-electron chi connectivity index (χ4n) is 0. The van der Waals surface area contributed by atoms with Crippen molar-refractivity contribution in [2.24, 2.45) is 0 Å². The normalized spacial score (nSPS) is 12.0. The average Bonchev–Trinajstić information content (AvgIpc) is 1.35. The Hall–Kier alpha value is 0.540. The lowest BCUT2D eigenvalue weighted by Crippen LogP contribution is -2.07. The fraction of sp³-hybridized carbons (Fsp3) is 0.667.